The predicted octanol–water partition coefficient (Wildman–Crippen LogP) is 1.39. The molecular weight excluding hydrogens is 394 g/mol. The predicted molar refractivity (Wildman–Crippen MR) is 109 cm³/mol. The minimum absolute atomic E-state index is 0.0389. The second-order valence-electron chi connectivity index (χ2n) is 6.65. The van der Waals surface area contributed by atoms with Crippen LogP contribution in [0.4, 0.5) is 5.69 Å². The van der Waals surface area contributed by atoms with E-state index < -0.39 is 22.7 Å². The highest BCUT2D eigenvalue weighted by molar-refractivity contribution is 8.15. The molecule has 9 heteroatoms. The summed E-state index contributed by atoms with van der Waals surface area (Å²) in [5.74, 6) is -0.111. The van der Waals surface area contributed by atoms with E-state index in [4.69, 9.17) is 15.2 Å². The van der Waals surface area contributed by atoms with Gasteiger partial charge in [0, 0.05) is 5.56 Å². The molecule has 0 radical (unpaired) electrons. The summed E-state index contributed by atoms with van der Waals surface area (Å²) >= 11 is 0.901. The Morgan fingerprint density at radius 2 is 1.90 bits per heavy atom. The number of nitrogens with two attached hydrogens (primary N) is 1. The van der Waals surface area contributed by atoms with E-state index in [-0.39, 0.29) is 11.7 Å². The van der Waals surface area contributed by atoms with Gasteiger partial charge in [0.1, 0.15) is 5.25 Å². The summed E-state index contributed by atoms with van der Waals surface area (Å²) < 4.78 is 10.6. The Balaban J connectivity index is 1.73. The van der Waals surface area contributed by atoms with Crippen LogP contribution in [0.3, 0.4) is 0 Å². The molecule has 2 aromatic rings. The maximum absolute atomic E-state index is 13.4. The Labute approximate surface area is 171 Å². The SMILES string of the molecule is COc1ccc(CN2C(=O)C(O)(C3SC(N)=NC3=O)c3ccccc32)cc1OC. The Kier molecular flexibility index (Phi) is 4.71. The number of aliphatic imine (C=N–C) groups is 1. The molecule has 150 valence electrons. The van der Waals surface area contributed by atoms with Crippen molar-refractivity contribution in [2.24, 2.45) is 10.7 Å². The summed E-state index contributed by atoms with van der Waals surface area (Å²) in [5.41, 5.74) is 5.29. The molecule has 2 amide bonds. The van der Waals surface area contributed by atoms with Gasteiger partial charge in [-0.1, -0.05) is 36.0 Å². The fraction of sp³-hybridized carbons (Fsp3) is 0.250. The number of methoxy groups -OCH3 is 2. The number of aliphatic hydroxyl groups is 1. The van der Waals surface area contributed by atoms with Crippen molar-refractivity contribution in [1.82, 2.24) is 0 Å². The normalized spacial score (nSPS) is 23.2. The maximum atomic E-state index is 13.4. The zero-order valence-corrected chi connectivity index (χ0v) is 16.6. The van der Waals surface area contributed by atoms with Crippen molar-refractivity contribution in [3.05, 3.63) is 53.6 Å². The van der Waals surface area contributed by atoms with Crippen molar-refractivity contribution >= 4 is 34.4 Å². The number of amides is 2. The molecule has 2 aliphatic heterocycles. The van der Waals surface area contributed by atoms with Crippen LogP contribution in [0.15, 0.2) is 47.5 Å². The average molecular weight is 413 g/mol. The van der Waals surface area contributed by atoms with Crippen molar-refractivity contribution in [2.75, 3.05) is 19.1 Å². The van der Waals surface area contributed by atoms with Gasteiger partial charge in [0.25, 0.3) is 11.8 Å². The lowest BCUT2D eigenvalue weighted by Crippen LogP contribution is -2.49. The highest BCUT2D eigenvalue weighted by Crippen LogP contribution is 2.48. The third kappa shape index (κ3) is 2.93. The lowest BCUT2D eigenvalue weighted by Gasteiger charge is -2.26. The molecule has 2 unspecified atom stereocenters. The fourth-order valence-corrected chi connectivity index (χ4v) is 4.60. The smallest absolute Gasteiger partial charge is 0.265 e. The van der Waals surface area contributed by atoms with Crippen LogP contribution in [0, 0.1) is 0 Å². The second kappa shape index (κ2) is 7.09. The topological polar surface area (TPSA) is 114 Å². The minimum Gasteiger partial charge on any atom is -0.493 e. The van der Waals surface area contributed by atoms with E-state index in [2.05, 4.69) is 4.99 Å². The molecule has 0 fully saturated rings. The van der Waals surface area contributed by atoms with Gasteiger partial charge in [-0.15, -0.1) is 0 Å². The number of ether oxygens (including phenoxy) is 2. The molecular formula is C20H19N3O5S. The number of amidine groups is 1. The first kappa shape index (κ1) is 19.3. The molecule has 2 atom stereocenters. The summed E-state index contributed by atoms with van der Waals surface area (Å²) in [5, 5.41) is 10.3. The Hall–Kier alpha value is -3.04. The Bertz CT molecular complexity index is 1040. The second-order valence-corrected chi connectivity index (χ2v) is 7.78. The number of carbonyl (C=O) groups is 2. The van der Waals surface area contributed by atoms with Crippen molar-refractivity contribution in [1.29, 1.82) is 0 Å². The first-order valence-corrected chi connectivity index (χ1v) is 9.67. The van der Waals surface area contributed by atoms with Gasteiger partial charge in [0.15, 0.2) is 22.3 Å². The largest absolute Gasteiger partial charge is 0.493 e. The van der Waals surface area contributed by atoms with Crippen LogP contribution in [0.25, 0.3) is 0 Å². The van der Waals surface area contributed by atoms with Crippen LogP contribution in [0.1, 0.15) is 11.1 Å². The quantitative estimate of drug-likeness (QED) is 0.761. The molecule has 2 aromatic carbocycles. The van der Waals surface area contributed by atoms with Crippen LogP contribution >= 0.6 is 11.8 Å². The zero-order valence-electron chi connectivity index (χ0n) is 15.8. The number of anilines is 1. The number of hydrogen-bond acceptors (Lipinski definition) is 7. The van der Waals surface area contributed by atoms with Crippen LogP contribution in [0.2, 0.25) is 0 Å². The van der Waals surface area contributed by atoms with E-state index in [9.17, 15) is 14.7 Å². The maximum Gasteiger partial charge on any atom is 0.265 e. The molecule has 0 aromatic heterocycles. The Morgan fingerprint density at radius 3 is 2.55 bits per heavy atom. The summed E-state index contributed by atoms with van der Waals surface area (Å²) in [6, 6.07) is 12.2. The first-order chi connectivity index (χ1) is 13.9. The van der Waals surface area contributed by atoms with Gasteiger partial charge in [-0.2, -0.15) is 4.99 Å². The van der Waals surface area contributed by atoms with Gasteiger partial charge in [-0.3, -0.25) is 9.59 Å². The van der Waals surface area contributed by atoms with Gasteiger partial charge in [0.2, 0.25) is 0 Å². The highest BCUT2D eigenvalue weighted by atomic mass is 32.2. The van der Waals surface area contributed by atoms with Crippen LogP contribution in [-0.4, -0.2) is 41.6 Å². The fourth-order valence-electron chi connectivity index (χ4n) is 3.66. The van der Waals surface area contributed by atoms with Crippen molar-refractivity contribution in [3.8, 4) is 11.5 Å². The third-order valence-electron chi connectivity index (χ3n) is 5.03. The monoisotopic (exact) mass is 413 g/mol. The summed E-state index contributed by atoms with van der Waals surface area (Å²) in [6.45, 7) is 0.181. The minimum atomic E-state index is -2.04. The summed E-state index contributed by atoms with van der Waals surface area (Å²) in [7, 11) is 3.08. The van der Waals surface area contributed by atoms with E-state index in [0.717, 1.165) is 17.3 Å². The van der Waals surface area contributed by atoms with Crippen LogP contribution in [0.5, 0.6) is 11.5 Å². The number of thioether (sulfide) groups is 1. The summed E-state index contributed by atoms with van der Waals surface area (Å²) in [4.78, 5) is 30.8. The molecule has 0 saturated carbocycles. The van der Waals surface area contributed by atoms with Gasteiger partial charge >= 0.3 is 0 Å². The lowest BCUT2D eigenvalue weighted by molar-refractivity contribution is -0.140. The van der Waals surface area contributed by atoms with Crippen molar-refractivity contribution < 1.29 is 24.2 Å². The van der Waals surface area contributed by atoms with Gasteiger partial charge < -0.3 is 25.2 Å². The molecule has 8 nitrogen and oxygen atoms in total. The molecule has 3 N–H and O–H groups in total. The number of rotatable bonds is 5. The van der Waals surface area contributed by atoms with Gasteiger partial charge in [0.05, 0.1) is 26.5 Å². The van der Waals surface area contributed by atoms with E-state index in [1.807, 2.05) is 6.07 Å². The van der Waals surface area contributed by atoms with E-state index >= 15 is 0 Å². The van der Waals surface area contributed by atoms with Crippen molar-refractivity contribution in [2.45, 2.75) is 17.4 Å². The molecule has 0 aliphatic carbocycles. The van der Waals surface area contributed by atoms with Crippen LogP contribution < -0.4 is 20.1 Å². The first-order valence-electron chi connectivity index (χ1n) is 8.79. The molecule has 2 aliphatic rings. The lowest BCUT2D eigenvalue weighted by atomic mass is 9.91. The van der Waals surface area contributed by atoms with Crippen molar-refractivity contribution in [3.63, 3.8) is 0 Å². The molecule has 4 rings (SSSR count). The number of benzene rings is 2. The Morgan fingerprint density at radius 1 is 1.17 bits per heavy atom. The molecule has 2 heterocycles. The molecule has 0 bridgehead atoms. The highest BCUT2D eigenvalue weighted by Gasteiger charge is 2.59. The van der Waals surface area contributed by atoms with E-state index in [1.54, 1.807) is 43.5 Å². The van der Waals surface area contributed by atoms with Crippen LogP contribution in [-0.2, 0) is 21.7 Å². The average Bonchev–Trinajstić information content (AvgIpc) is 3.18. The van der Waals surface area contributed by atoms with E-state index in [0.29, 0.717) is 22.7 Å². The molecule has 29 heavy (non-hydrogen) atoms. The van der Waals surface area contributed by atoms with Gasteiger partial charge in [-0.25, -0.2) is 0 Å². The molecule has 0 saturated heterocycles. The number of nitrogens with zero attached hydrogens (tertiary/aromatic N) is 2. The third-order valence-corrected chi connectivity index (χ3v) is 6.14. The summed E-state index contributed by atoms with van der Waals surface area (Å²) in [6.07, 6.45) is 0. The van der Waals surface area contributed by atoms with E-state index in [1.165, 1.54) is 12.0 Å². The number of fused-ring (bicyclic) bond motifs is 1. The number of hydrogen-bond donors (Lipinski definition) is 2. The molecule has 0 spiro atoms. The zero-order chi connectivity index (χ0) is 20.8. The number of para-hydroxylation sites is 1. The number of carbonyl (C=O) groups excluding carboxylic acids is 2. The van der Waals surface area contributed by atoms with Gasteiger partial charge in [-0.05, 0) is 23.8 Å². The standard InChI is InChI=1S/C20H19N3O5S/c1-27-14-8-7-11(9-15(14)28-2)10-23-13-6-4-3-5-12(13)20(26,18(23)25)16-17(24)22-19(21)29-16/h3-9,16,26H,10H2,1-2H3,(H2,21,22,24).